The molecular weight excluding hydrogens is 288 g/mol. The van der Waals surface area contributed by atoms with E-state index in [4.69, 9.17) is 19.9 Å². The lowest BCUT2D eigenvalue weighted by Gasteiger charge is -2.24. The third-order valence-corrected chi connectivity index (χ3v) is 6.54. The summed E-state index contributed by atoms with van der Waals surface area (Å²) in [6.45, 7) is 4.82. The zero-order valence-electron chi connectivity index (χ0n) is 12.7. The smallest absolute Gasteiger partial charge is 0.505 e. The van der Waals surface area contributed by atoms with Crippen molar-refractivity contribution in [1.29, 1.82) is 0 Å². The van der Waals surface area contributed by atoms with Gasteiger partial charge in [0.2, 0.25) is 0 Å². The fourth-order valence-corrected chi connectivity index (χ4v) is 5.04. The van der Waals surface area contributed by atoms with Gasteiger partial charge in [0.25, 0.3) is 0 Å². The van der Waals surface area contributed by atoms with Crippen molar-refractivity contribution in [3.05, 3.63) is 30.3 Å². The standard InChI is InChI=1S/C16H27ClO2Si/c1-3-5-6-7-8-12-15-20(17,18-4-2)19-16-13-10-9-11-14-16/h9-11,13-14H,3-8,12,15H2,1-2H3. The molecule has 4 heteroatoms. The van der Waals surface area contributed by atoms with Gasteiger partial charge in [-0.25, -0.2) is 0 Å². The molecule has 2 nitrogen and oxygen atoms in total. The van der Waals surface area contributed by atoms with Crippen LogP contribution in [0.3, 0.4) is 0 Å². The zero-order valence-corrected chi connectivity index (χ0v) is 14.5. The Morgan fingerprint density at radius 3 is 2.25 bits per heavy atom. The van der Waals surface area contributed by atoms with Crippen molar-refractivity contribution in [2.75, 3.05) is 6.61 Å². The molecule has 0 aliphatic heterocycles. The second kappa shape index (κ2) is 10.2. The predicted molar refractivity (Wildman–Crippen MR) is 88.5 cm³/mol. The highest BCUT2D eigenvalue weighted by molar-refractivity contribution is 7.13. The molecule has 0 spiro atoms. The van der Waals surface area contributed by atoms with Crippen LogP contribution in [0.4, 0.5) is 0 Å². The van der Waals surface area contributed by atoms with Gasteiger partial charge in [-0.05, 0) is 25.5 Å². The van der Waals surface area contributed by atoms with Crippen LogP contribution in [0.25, 0.3) is 0 Å². The number of halogens is 1. The Balaban J connectivity index is 2.37. The van der Waals surface area contributed by atoms with Crippen LogP contribution >= 0.6 is 11.1 Å². The molecule has 114 valence electrons. The van der Waals surface area contributed by atoms with Crippen molar-refractivity contribution in [3.63, 3.8) is 0 Å². The Labute approximate surface area is 129 Å². The van der Waals surface area contributed by atoms with E-state index in [1.807, 2.05) is 37.3 Å². The first-order valence-corrected chi connectivity index (χ1v) is 10.8. The molecule has 0 fully saturated rings. The van der Waals surface area contributed by atoms with Crippen molar-refractivity contribution in [1.82, 2.24) is 0 Å². The summed E-state index contributed by atoms with van der Waals surface area (Å²) in [7, 11) is -2.59. The van der Waals surface area contributed by atoms with E-state index in [0.717, 1.165) is 18.2 Å². The molecule has 1 aromatic rings. The highest BCUT2D eigenvalue weighted by Crippen LogP contribution is 2.25. The minimum atomic E-state index is -2.59. The highest BCUT2D eigenvalue weighted by atomic mass is 35.6. The van der Waals surface area contributed by atoms with Gasteiger partial charge in [0.05, 0.1) is 0 Å². The molecule has 20 heavy (non-hydrogen) atoms. The van der Waals surface area contributed by atoms with Crippen molar-refractivity contribution < 1.29 is 8.85 Å². The van der Waals surface area contributed by atoms with Crippen LogP contribution in [0.15, 0.2) is 30.3 Å². The summed E-state index contributed by atoms with van der Waals surface area (Å²) in [5, 5.41) is 0. The fraction of sp³-hybridized carbons (Fsp3) is 0.625. The van der Waals surface area contributed by atoms with Gasteiger partial charge in [-0.3, -0.25) is 0 Å². The minimum Gasteiger partial charge on any atom is -0.510 e. The first-order chi connectivity index (χ1) is 9.70. The number of unbranched alkanes of at least 4 members (excludes halogenated alkanes) is 5. The summed E-state index contributed by atoms with van der Waals surface area (Å²) in [6.07, 6.45) is 7.52. The third-order valence-electron chi connectivity index (χ3n) is 3.20. The monoisotopic (exact) mass is 314 g/mol. The first-order valence-electron chi connectivity index (χ1n) is 7.77. The van der Waals surface area contributed by atoms with Crippen molar-refractivity contribution in [3.8, 4) is 5.75 Å². The summed E-state index contributed by atoms with van der Waals surface area (Å²) in [5.74, 6) is 0.814. The second-order valence-electron chi connectivity index (χ2n) is 5.03. The average molecular weight is 315 g/mol. The summed E-state index contributed by atoms with van der Waals surface area (Å²) in [5.41, 5.74) is 0. The second-order valence-corrected chi connectivity index (χ2v) is 9.07. The molecule has 0 saturated carbocycles. The van der Waals surface area contributed by atoms with E-state index in [9.17, 15) is 0 Å². The average Bonchev–Trinajstić information content (AvgIpc) is 2.44. The van der Waals surface area contributed by atoms with Gasteiger partial charge >= 0.3 is 7.87 Å². The molecule has 0 amide bonds. The van der Waals surface area contributed by atoms with E-state index in [1.54, 1.807) is 0 Å². The van der Waals surface area contributed by atoms with Crippen molar-refractivity contribution in [2.45, 2.75) is 58.4 Å². The molecule has 1 atom stereocenters. The number of hydrogen-bond acceptors (Lipinski definition) is 2. The van der Waals surface area contributed by atoms with Crippen molar-refractivity contribution >= 4 is 18.9 Å². The number of benzene rings is 1. The normalized spacial score (nSPS) is 13.9. The molecule has 0 bridgehead atoms. The Hall–Kier alpha value is -0.513. The summed E-state index contributed by atoms with van der Waals surface area (Å²) in [4.78, 5) is 0. The first kappa shape index (κ1) is 17.5. The van der Waals surface area contributed by atoms with Crippen LogP contribution in [-0.2, 0) is 4.43 Å². The maximum atomic E-state index is 6.61. The maximum Gasteiger partial charge on any atom is 0.505 e. The minimum absolute atomic E-state index is 0.610. The number of para-hydroxylation sites is 1. The Morgan fingerprint density at radius 1 is 0.950 bits per heavy atom. The van der Waals surface area contributed by atoms with Crippen molar-refractivity contribution in [2.24, 2.45) is 0 Å². The highest BCUT2D eigenvalue weighted by Gasteiger charge is 2.37. The summed E-state index contributed by atoms with van der Waals surface area (Å²) >= 11 is 6.61. The molecule has 0 radical (unpaired) electrons. The number of rotatable bonds is 11. The summed E-state index contributed by atoms with van der Waals surface area (Å²) < 4.78 is 11.7. The third kappa shape index (κ3) is 7.32. The Morgan fingerprint density at radius 2 is 1.60 bits per heavy atom. The quantitative estimate of drug-likeness (QED) is 0.299. The maximum absolute atomic E-state index is 6.61. The van der Waals surface area contributed by atoms with E-state index in [-0.39, 0.29) is 0 Å². The van der Waals surface area contributed by atoms with Crippen LogP contribution < -0.4 is 4.43 Å². The molecule has 0 heterocycles. The van der Waals surface area contributed by atoms with E-state index < -0.39 is 7.87 Å². The van der Waals surface area contributed by atoms with Crippen LogP contribution in [0.5, 0.6) is 5.75 Å². The van der Waals surface area contributed by atoms with Gasteiger partial charge in [0.1, 0.15) is 5.75 Å². The summed E-state index contributed by atoms with van der Waals surface area (Å²) in [6, 6.07) is 10.6. The zero-order chi connectivity index (χ0) is 14.7. The SMILES string of the molecule is CCCCCCCC[Si](Cl)(OCC)Oc1ccccc1. The molecule has 0 N–H and O–H groups in total. The van der Waals surface area contributed by atoms with Gasteiger partial charge in [-0.2, -0.15) is 0 Å². The fourth-order valence-electron chi connectivity index (χ4n) is 2.15. The topological polar surface area (TPSA) is 18.5 Å². The Kier molecular flexibility index (Phi) is 8.99. The largest absolute Gasteiger partial charge is 0.510 e. The molecule has 1 unspecified atom stereocenters. The molecule has 0 aromatic heterocycles. The molecule has 0 aliphatic rings. The Bertz CT molecular complexity index is 348. The van der Waals surface area contributed by atoms with Gasteiger partial charge < -0.3 is 8.85 Å². The van der Waals surface area contributed by atoms with E-state index in [1.165, 1.54) is 32.1 Å². The molecule has 1 aromatic carbocycles. The molecule has 0 aliphatic carbocycles. The van der Waals surface area contributed by atoms with Gasteiger partial charge in [-0.1, -0.05) is 68.3 Å². The molecule has 1 rings (SSSR count). The molecule has 0 saturated heterocycles. The predicted octanol–water partition coefficient (Wildman–Crippen LogP) is 5.64. The van der Waals surface area contributed by atoms with Gasteiger partial charge in [-0.15, -0.1) is 0 Å². The van der Waals surface area contributed by atoms with Crippen LogP contribution in [-0.4, -0.2) is 14.5 Å². The lowest BCUT2D eigenvalue weighted by Crippen LogP contribution is -2.39. The lowest BCUT2D eigenvalue weighted by molar-refractivity contribution is 0.269. The van der Waals surface area contributed by atoms with E-state index >= 15 is 0 Å². The van der Waals surface area contributed by atoms with Crippen LogP contribution in [0.1, 0.15) is 52.4 Å². The van der Waals surface area contributed by atoms with Gasteiger partial charge in [0.15, 0.2) is 0 Å². The van der Waals surface area contributed by atoms with Gasteiger partial charge in [0, 0.05) is 12.7 Å². The lowest BCUT2D eigenvalue weighted by atomic mass is 10.1. The van der Waals surface area contributed by atoms with E-state index in [0.29, 0.717) is 6.61 Å². The van der Waals surface area contributed by atoms with Crippen LogP contribution in [0, 0.1) is 0 Å². The van der Waals surface area contributed by atoms with E-state index in [2.05, 4.69) is 6.92 Å². The number of hydrogen-bond donors (Lipinski definition) is 0. The molecular formula is C16H27ClO2Si. The van der Waals surface area contributed by atoms with Crippen LogP contribution in [0.2, 0.25) is 6.04 Å².